The van der Waals surface area contributed by atoms with Gasteiger partial charge in [-0.25, -0.2) is 0 Å². The fourth-order valence-electron chi connectivity index (χ4n) is 1.21. The first kappa shape index (κ1) is 8.94. The van der Waals surface area contributed by atoms with Crippen molar-refractivity contribution in [1.29, 1.82) is 0 Å². The zero-order valence-electron chi connectivity index (χ0n) is 8.24. The maximum atomic E-state index is 4.13. The van der Waals surface area contributed by atoms with E-state index >= 15 is 0 Å². The van der Waals surface area contributed by atoms with Crippen LogP contribution in [0.15, 0.2) is 0 Å². The Balaban J connectivity index is 1.97. The summed E-state index contributed by atoms with van der Waals surface area (Å²) >= 11 is 1.68. The van der Waals surface area contributed by atoms with Gasteiger partial charge in [-0.3, -0.25) is 0 Å². The van der Waals surface area contributed by atoms with Crippen LogP contribution in [-0.2, 0) is 0 Å². The van der Waals surface area contributed by atoms with Gasteiger partial charge in [0, 0.05) is 12.0 Å². The van der Waals surface area contributed by atoms with Crippen molar-refractivity contribution in [3.05, 3.63) is 5.01 Å². The van der Waals surface area contributed by atoms with Crippen LogP contribution in [0.2, 0.25) is 0 Å². The Kier molecular flexibility index (Phi) is 2.24. The van der Waals surface area contributed by atoms with Gasteiger partial charge in [-0.1, -0.05) is 32.1 Å². The van der Waals surface area contributed by atoms with Crippen molar-refractivity contribution < 1.29 is 0 Å². The van der Waals surface area contributed by atoms with Gasteiger partial charge in [-0.2, -0.15) is 0 Å². The number of nitrogens with one attached hydrogen (secondary N) is 1. The lowest BCUT2D eigenvalue weighted by molar-refractivity contribution is 0.824. The van der Waals surface area contributed by atoms with E-state index in [0.29, 0.717) is 12.0 Å². The highest BCUT2D eigenvalue weighted by Crippen LogP contribution is 2.34. The Morgan fingerprint density at radius 1 is 1.46 bits per heavy atom. The molecule has 0 bridgehead atoms. The summed E-state index contributed by atoms with van der Waals surface area (Å²) in [7, 11) is 0. The van der Waals surface area contributed by atoms with Gasteiger partial charge in [-0.15, -0.1) is 10.2 Å². The summed E-state index contributed by atoms with van der Waals surface area (Å²) in [4.78, 5) is 0. The third-order valence-electron chi connectivity index (χ3n) is 2.35. The Labute approximate surface area is 82.6 Å². The van der Waals surface area contributed by atoms with Gasteiger partial charge in [-0.05, 0) is 12.3 Å². The lowest BCUT2D eigenvalue weighted by Crippen LogP contribution is -2.02. The van der Waals surface area contributed by atoms with Crippen molar-refractivity contribution in [2.24, 2.45) is 5.92 Å². The number of anilines is 1. The number of hydrogen-bond donors (Lipinski definition) is 1. The smallest absolute Gasteiger partial charge is 0.205 e. The maximum Gasteiger partial charge on any atom is 0.205 e. The van der Waals surface area contributed by atoms with E-state index in [2.05, 4.69) is 36.3 Å². The van der Waals surface area contributed by atoms with Crippen molar-refractivity contribution in [3.63, 3.8) is 0 Å². The topological polar surface area (TPSA) is 37.8 Å². The molecule has 1 aliphatic carbocycles. The fraction of sp³-hybridized carbons (Fsp3) is 0.778. The molecule has 0 saturated heterocycles. The predicted octanol–water partition coefficient (Wildman–Crippen LogP) is 2.48. The molecule has 0 aliphatic heterocycles. The molecular weight excluding hydrogens is 182 g/mol. The van der Waals surface area contributed by atoms with E-state index in [9.17, 15) is 0 Å². The van der Waals surface area contributed by atoms with Gasteiger partial charge >= 0.3 is 0 Å². The zero-order valence-corrected chi connectivity index (χ0v) is 9.06. The lowest BCUT2D eigenvalue weighted by atomic mass is 10.2. The summed E-state index contributed by atoms with van der Waals surface area (Å²) in [6.07, 6.45) is 1.27. The summed E-state index contributed by atoms with van der Waals surface area (Å²) in [6, 6.07) is 0.646. The summed E-state index contributed by atoms with van der Waals surface area (Å²) in [5, 5.41) is 13.7. The third kappa shape index (κ3) is 1.99. The Morgan fingerprint density at radius 2 is 2.15 bits per heavy atom. The predicted molar refractivity (Wildman–Crippen MR) is 55.2 cm³/mol. The average molecular weight is 197 g/mol. The molecule has 0 spiro atoms. The van der Waals surface area contributed by atoms with Crippen LogP contribution in [0.4, 0.5) is 5.13 Å². The average Bonchev–Trinajstić information content (AvgIpc) is 2.61. The Hall–Kier alpha value is -0.640. The van der Waals surface area contributed by atoms with E-state index in [1.54, 1.807) is 11.3 Å². The first-order valence-corrected chi connectivity index (χ1v) is 5.58. The van der Waals surface area contributed by atoms with Crippen LogP contribution in [-0.4, -0.2) is 16.2 Å². The van der Waals surface area contributed by atoms with Gasteiger partial charge < -0.3 is 5.32 Å². The second kappa shape index (κ2) is 3.25. The number of rotatable bonds is 3. The summed E-state index contributed by atoms with van der Waals surface area (Å²) in [6.45, 7) is 6.54. The minimum Gasteiger partial charge on any atom is -0.357 e. The Morgan fingerprint density at radius 3 is 2.62 bits per heavy atom. The lowest BCUT2D eigenvalue weighted by Gasteiger charge is -1.97. The third-order valence-corrected chi connectivity index (χ3v) is 3.51. The van der Waals surface area contributed by atoms with Crippen molar-refractivity contribution in [3.8, 4) is 0 Å². The van der Waals surface area contributed by atoms with Crippen LogP contribution in [0.1, 0.15) is 38.1 Å². The SMILES string of the molecule is CC(C)c1nnc(N[C@@H]2C[C@H]2C)s1. The van der Waals surface area contributed by atoms with Gasteiger partial charge in [0.15, 0.2) is 0 Å². The molecule has 1 saturated carbocycles. The van der Waals surface area contributed by atoms with E-state index in [1.807, 2.05) is 0 Å². The number of hydrogen-bond acceptors (Lipinski definition) is 4. The summed E-state index contributed by atoms with van der Waals surface area (Å²) in [5.41, 5.74) is 0. The molecule has 1 fully saturated rings. The normalized spacial score (nSPS) is 26.5. The highest BCUT2D eigenvalue weighted by Gasteiger charge is 2.33. The molecule has 1 aliphatic rings. The molecule has 1 N–H and O–H groups in total. The van der Waals surface area contributed by atoms with Crippen LogP contribution in [0, 0.1) is 5.92 Å². The van der Waals surface area contributed by atoms with E-state index < -0.39 is 0 Å². The van der Waals surface area contributed by atoms with E-state index in [4.69, 9.17) is 0 Å². The van der Waals surface area contributed by atoms with Gasteiger partial charge in [0.25, 0.3) is 0 Å². The summed E-state index contributed by atoms with van der Waals surface area (Å²) < 4.78 is 0. The highest BCUT2D eigenvalue weighted by atomic mass is 32.1. The number of aromatic nitrogens is 2. The molecule has 1 aromatic heterocycles. The fourth-order valence-corrected chi connectivity index (χ4v) is 2.02. The van der Waals surface area contributed by atoms with E-state index in [1.165, 1.54) is 6.42 Å². The molecular formula is C9H15N3S. The highest BCUT2D eigenvalue weighted by molar-refractivity contribution is 7.15. The first-order chi connectivity index (χ1) is 6.16. The second-order valence-electron chi connectivity index (χ2n) is 4.06. The minimum absolute atomic E-state index is 0.490. The molecule has 4 heteroatoms. The zero-order chi connectivity index (χ0) is 9.42. The standard InChI is InChI=1S/C9H15N3S/c1-5(2)8-11-12-9(13-8)10-7-4-6(7)3/h5-7H,4H2,1-3H3,(H,10,12)/t6-,7-/m1/s1. The molecule has 3 nitrogen and oxygen atoms in total. The molecule has 1 aromatic rings. The van der Waals surface area contributed by atoms with E-state index in [0.717, 1.165) is 16.1 Å². The molecule has 0 aromatic carbocycles. The quantitative estimate of drug-likeness (QED) is 0.809. The molecule has 0 amide bonds. The van der Waals surface area contributed by atoms with Crippen LogP contribution < -0.4 is 5.32 Å². The molecule has 1 heterocycles. The van der Waals surface area contributed by atoms with Crippen molar-refractivity contribution in [2.75, 3.05) is 5.32 Å². The first-order valence-electron chi connectivity index (χ1n) is 4.76. The molecule has 13 heavy (non-hydrogen) atoms. The van der Waals surface area contributed by atoms with Gasteiger partial charge in [0.2, 0.25) is 5.13 Å². The van der Waals surface area contributed by atoms with Crippen molar-refractivity contribution >= 4 is 16.5 Å². The van der Waals surface area contributed by atoms with Crippen LogP contribution >= 0.6 is 11.3 Å². The molecule has 72 valence electrons. The monoisotopic (exact) mass is 197 g/mol. The van der Waals surface area contributed by atoms with Crippen molar-refractivity contribution in [2.45, 2.75) is 39.2 Å². The van der Waals surface area contributed by atoms with Crippen LogP contribution in [0.5, 0.6) is 0 Å². The molecule has 0 radical (unpaired) electrons. The second-order valence-corrected chi connectivity index (χ2v) is 5.07. The molecule has 0 unspecified atom stereocenters. The van der Waals surface area contributed by atoms with Gasteiger partial charge in [0.1, 0.15) is 5.01 Å². The number of nitrogens with zero attached hydrogens (tertiary/aromatic N) is 2. The Bertz CT molecular complexity index is 295. The van der Waals surface area contributed by atoms with Crippen molar-refractivity contribution in [1.82, 2.24) is 10.2 Å². The largest absolute Gasteiger partial charge is 0.357 e. The molecule has 2 rings (SSSR count). The maximum absolute atomic E-state index is 4.13. The van der Waals surface area contributed by atoms with E-state index in [-0.39, 0.29) is 0 Å². The minimum atomic E-state index is 0.490. The van der Waals surface area contributed by atoms with Crippen LogP contribution in [0.25, 0.3) is 0 Å². The summed E-state index contributed by atoms with van der Waals surface area (Å²) in [5.74, 6) is 1.30. The van der Waals surface area contributed by atoms with Gasteiger partial charge in [0.05, 0.1) is 0 Å². The van der Waals surface area contributed by atoms with Crippen LogP contribution in [0.3, 0.4) is 0 Å². The molecule has 2 atom stereocenters.